The molecule has 0 aliphatic carbocycles. The number of hydrogen-bond acceptors (Lipinski definition) is 3. The molecule has 2 rings (SSSR count). The minimum Gasteiger partial charge on any atom is -0.508 e. The molecule has 0 saturated carbocycles. The second kappa shape index (κ2) is 5.25. The number of carbonyl (C=O) groups excluding carboxylic acids is 1. The van der Waals surface area contributed by atoms with Crippen molar-refractivity contribution in [3.63, 3.8) is 0 Å². The molecule has 0 bridgehead atoms. The van der Waals surface area contributed by atoms with Crippen molar-refractivity contribution in [3.05, 3.63) is 52.3 Å². The largest absolute Gasteiger partial charge is 0.508 e. The zero-order valence-electron chi connectivity index (χ0n) is 9.02. The molecule has 0 saturated heterocycles. The van der Waals surface area contributed by atoms with Crippen molar-refractivity contribution >= 4 is 34.8 Å². The summed E-state index contributed by atoms with van der Waals surface area (Å²) < 4.78 is 0. The smallest absolute Gasteiger partial charge is 0.257 e. The van der Waals surface area contributed by atoms with Crippen LogP contribution in [0.15, 0.2) is 36.7 Å². The Balaban J connectivity index is 2.24. The first kappa shape index (κ1) is 12.7. The summed E-state index contributed by atoms with van der Waals surface area (Å²) in [7, 11) is 0. The first-order valence-electron chi connectivity index (χ1n) is 4.97. The summed E-state index contributed by atoms with van der Waals surface area (Å²) in [5.41, 5.74) is 0.697. The van der Waals surface area contributed by atoms with Gasteiger partial charge in [0.2, 0.25) is 0 Å². The lowest BCUT2D eigenvalue weighted by Crippen LogP contribution is -2.12. The highest BCUT2D eigenvalue weighted by atomic mass is 35.5. The van der Waals surface area contributed by atoms with Gasteiger partial charge in [0, 0.05) is 18.5 Å². The number of phenolic OH excluding ortho intramolecular Hbond substituents is 1. The van der Waals surface area contributed by atoms with E-state index in [0.29, 0.717) is 11.3 Å². The fourth-order valence-electron chi connectivity index (χ4n) is 1.35. The van der Waals surface area contributed by atoms with E-state index in [1.807, 2.05) is 0 Å². The van der Waals surface area contributed by atoms with Crippen molar-refractivity contribution in [2.75, 3.05) is 5.32 Å². The zero-order valence-corrected chi connectivity index (χ0v) is 10.5. The van der Waals surface area contributed by atoms with Gasteiger partial charge in [-0.3, -0.25) is 9.78 Å². The van der Waals surface area contributed by atoms with E-state index in [9.17, 15) is 9.90 Å². The third kappa shape index (κ3) is 2.72. The fraction of sp³-hybridized carbons (Fsp3) is 0. The van der Waals surface area contributed by atoms with E-state index < -0.39 is 5.91 Å². The maximum atomic E-state index is 11.9. The average molecular weight is 283 g/mol. The molecule has 0 atom stereocenters. The van der Waals surface area contributed by atoms with Gasteiger partial charge in [-0.1, -0.05) is 23.2 Å². The molecule has 1 aromatic carbocycles. The predicted molar refractivity (Wildman–Crippen MR) is 70.3 cm³/mol. The monoisotopic (exact) mass is 282 g/mol. The Morgan fingerprint density at radius 3 is 2.67 bits per heavy atom. The summed E-state index contributed by atoms with van der Waals surface area (Å²) in [6, 6.07) is 5.78. The number of aromatic nitrogens is 1. The lowest BCUT2D eigenvalue weighted by atomic mass is 10.2. The molecule has 0 aliphatic rings. The predicted octanol–water partition coefficient (Wildman–Crippen LogP) is 3.35. The fourth-order valence-corrected chi connectivity index (χ4v) is 1.78. The molecule has 4 nitrogen and oxygen atoms in total. The number of halogens is 2. The van der Waals surface area contributed by atoms with E-state index in [1.54, 1.807) is 0 Å². The number of rotatable bonds is 2. The van der Waals surface area contributed by atoms with E-state index in [-0.39, 0.29) is 15.8 Å². The quantitative estimate of drug-likeness (QED) is 0.831. The zero-order chi connectivity index (χ0) is 13.1. The molecule has 0 spiro atoms. The number of phenols is 1. The third-order valence-electron chi connectivity index (χ3n) is 2.22. The molecule has 6 heteroatoms. The molecular formula is C12H8Cl2N2O2. The minimum atomic E-state index is -0.394. The Morgan fingerprint density at radius 1 is 1.22 bits per heavy atom. The molecule has 18 heavy (non-hydrogen) atoms. The van der Waals surface area contributed by atoms with E-state index in [0.717, 1.165) is 0 Å². The molecule has 0 fully saturated rings. The van der Waals surface area contributed by atoms with Crippen LogP contribution in [-0.4, -0.2) is 16.0 Å². The molecule has 92 valence electrons. The van der Waals surface area contributed by atoms with Crippen molar-refractivity contribution in [2.45, 2.75) is 0 Å². The molecule has 2 aromatic rings. The molecular weight excluding hydrogens is 275 g/mol. The molecule has 0 radical (unpaired) electrons. The van der Waals surface area contributed by atoms with Gasteiger partial charge in [0.05, 0.1) is 21.3 Å². The minimum absolute atomic E-state index is 0.0277. The van der Waals surface area contributed by atoms with Gasteiger partial charge in [-0.2, -0.15) is 0 Å². The Labute approximate surface area is 113 Å². The van der Waals surface area contributed by atoms with Crippen LogP contribution >= 0.6 is 23.2 Å². The molecule has 0 unspecified atom stereocenters. The summed E-state index contributed by atoms with van der Waals surface area (Å²) in [6.45, 7) is 0. The Bertz CT molecular complexity index is 602. The molecule has 2 N–H and O–H groups in total. The number of nitrogens with zero attached hydrogens (tertiary/aromatic N) is 1. The summed E-state index contributed by atoms with van der Waals surface area (Å²) in [6.07, 6.45) is 2.86. The number of pyridine rings is 1. The summed E-state index contributed by atoms with van der Waals surface area (Å²) in [4.78, 5) is 15.7. The van der Waals surface area contributed by atoms with E-state index in [2.05, 4.69) is 10.3 Å². The van der Waals surface area contributed by atoms with Crippen LogP contribution in [0, 0.1) is 0 Å². The average Bonchev–Trinajstić information content (AvgIpc) is 2.33. The SMILES string of the molecule is O=C(Nc1ccc(O)cc1Cl)c1ccncc1Cl. The number of anilines is 1. The normalized spacial score (nSPS) is 10.1. The first-order valence-corrected chi connectivity index (χ1v) is 5.73. The highest BCUT2D eigenvalue weighted by molar-refractivity contribution is 6.35. The van der Waals surface area contributed by atoms with Crippen molar-refractivity contribution in [1.82, 2.24) is 4.98 Å². The highest BCUT2D eigenvalue weighted by Gasteiger charge is 2.12. The van der Waals surface area contributed by atoms with Crippen LogP contribution in [-0.2, 0) is 0 Å². The lowest BCUT2D eigenvalue weighted by molar-refractivity contribution is 0.102. The standard InChI is InChI=1S/C12H8Cl2N2O2/c13-9-5-7(17)1-2-11(9)16-12(18)8-3-4-15-6-10(8)14/h1-6,17H,(H,16,18). The maximum Gasteiger partial charge on any atom is 0.257 e. The van der Waals surface area contributed by atoms with Gasteiger partial charge in [0.15, 0.2) is 0 Å². The maximum absolute atomic E-state index is 11.9. The molecule has 1 heterocycles. The summed E-state index contributed by atoms with van der Waals surface area (Å²) in [5.74, 6) is -0.366. The van der Waals surface area contributed by atoms with Crippen LogP contribution < -0.4 is 5.32 Å². The van der Waals surface area contributed by atoms with Crippen LogP contribution in [0.2, 0.25) is 10.0 Å². The molecule has 1 aromatic heterocycles. The number of hydrogen-bond donors (Lipinski definition) is 2. The van der Waals surface area contributed by atoms with Crippen molar-refractivity contribution in [2.24, 2.45) is 0 Å². The second-order valence-electron chi connectivity index (χ2n) is 3.47. The molecule has 0 aliphatic heterocycles. The number of carbonyl (C=O) groups is 1. The van der Waals surface area contributed by atoms with Gasteiger partial charge < -0.3 is 10.4 Å². The Morgan fingerprint density at radius 2 is 2.00 bits per heavy atom. The lowest BCUT2D eigenvalue weighted by Gasteiger charge is -2.08. The number of benzene rings is 1. The number of nitrogens with one attached hydrogen (secondary N) is 1. The van der Waals surface area contributed by atoms with Crippen molar-refractivity contribution in [3.8, 4) is 5.75 Å². The highest BCUT2D eigenvalue weighted by Crippen LogP contribution is 2.26. The van der Waals surface area contributed by atoms with Crippen LogP contribution in [0.5, 0.6) is 5.75 Å². The van der Waals surface area contributed by atoms with Gasteiger partial charge in [-0.15, -0.1) is 0 Å². The second-order valence-corrected chi connectivity index (χ2v) is 4.29. The number of amides is 1. The van der Waals surface area contributed by atoms with Crippen molar-refractivity contribution in [1.29, 1.82) is 0 Å². The topological polar surface area (TPSA) is 62.2 Å². The summed E-state index contributed by atoms with van der Waals surface area (Å²) >= 11 is 11.7. The van der Waals surface area contributed by atoms with Gasteiger partial charge in [0.25, 0.3) is 5.91 Å². The van der Waals surface area contributed by atoms with E-state index >= 15 is 0 Å². The van der Waals surface area contributed by atoms with Crippen LogP contribution in [0.1, 0.15) is 10.4 Å². The van der Waals surface area contributed by atoms with Crippen LogP contribution in [0.4, 0.5) is 5.69 Å². The van der Waals surface area contributed by atoms with E-state index in [1.165, 1.54) is 36.7 Å². The van der Waals surface area contributed by atoms with Crippen molar-refractivity contribution < 1.29 is 9.90 Å². The Kier molecular flexibility index (Phi) is 3.69. The van der Waals surface area contributed by atoms with Gasteiger partial charge >= 0.3 is 0 Å². The summed E-state index contributed by atoms with van der Waals surface area (Å²) in [5, 5.41) is 12.3. The third-order valence-corrected chi connectivity index (χ3v) is 2.83. The Hall–Kier alpha value is -1.78. The van der Waals surface area contributed by atoms with E-state index in [4.69, 9.17) is 23.2 Å². The van der Waals surface area contributed by atoms with Gasteiger partial charge in [0.1, 0.15) is 5.75 Å². The van der Waals surface area contributed by atoms with Crippen LogP contribution in [0.3, 0.4) is 0 Å². The van der Waals surface area contributed by atoms with Crippen LogP contribution in [0.25, 0.3) is 0 Å². The van der Waals surface area contributed by atoms with Gasteiger partial charge in [-0.25, -0.2) is 0 Å². The molecule has 1 amide bonds. The van der Waals surface area contributed by atoms with Gasteiger partial charge in [-0.05, 0) is 18.2 Å². The number of aromatic hydroxyl groups is 1. The first-order chi connectivity index (χ1) is 8.58.